The van der Waals surface area contributed by atoms with E-state index >= 15 is 0 Å². The standard InChI is InChI=1S/C11H16N2O2/c1-11(2,3)7-13-10(15)8-4-5-12-6-9(8)14/h4-6,14H,7H2,1-3H3,(H,13,15). The van der Waals surface area contributed by atoms with E-state index in [4.69, 9.17) is 0 Å². The van der Waals surface area contributed by atoms with Gasteiger partial charge >= 0.3 is 0 Å². The third-order valence-electron chi connectivity index (χ3n) is 1.82. The molecule has 0 aliphatic carbocycles. The molecule has 1 heterocycles. The molecule has 0 radical (unpaired) electrons. The predicted molar refractivity (Wildman–Crippen MR) is 57.7 cm³/mol. The summed E-state index contributed by atoms with van der Waals surface area (Å²) < 4.78 is 0. The minimum Gasteiger partial charge on any atom is -0.505 e. The lowest BCUT2D eigenvalue weighted by Gasteiger charge is -2.18. The van der Waals surface area contributed by atoms with E-state index < -0.39 is 0 Å². The van der Waals surface area contributed by atoms with Crippen LogP contribution in [0.4, 0.5) is 0 Å². The van der Waals surface area contributed by atoms with Crippen LogP contribution in [-0.2, 0) is 0 Å². The van der Waals surface area contributed by atoms with Crippen LogP contribution in [0.25, 0.3) is 0 Å². The van der Waals surface area contributed by atoms with Crippen LogP contribution < -0.4 is 5.32 Å². The number of carbonyl (C=O) groups excluding carboxylic acids is 1. The molecule has 0 saturated carbocycles. The SMILES string of the molecule is CC(C)(C)CNC(=O)c1ccncc1O. The average Bonchev–Trinajstić information content (AvgIpc) is 2.14. The number of hydrogen-bond acceptors (Lipinski definition) is 3. The molecule has 0 aliphatic heterocycles. The average molecular weight is 208 g/mol. The van der Waals surface area contributed by atoms with Crippen molar-refractivity contribution >= 4 is 5.91 Å². The quantitative estimate of drug-likeness (QED) is 0.775. The van der Waals surface area contributed by atoms with E-state index in [-0.39, 0.29) is 22.6 Å². The largest absolute Gasteiger partial charge is 0.505 e. The first-order valence-electron chi connectivity index (χ1n) is 4.81. The summed E-state index contributed by atoms with van der Waals surface area (Å²) in [6, 6.07) is 1.49. The second kappa shape index (κ2) is 4.29. The molecule has 0 saturated heterocycles. The Balaban J connectivity index is 2.66. The van der Waals surface area contributed by atoms with Crippen molar-refractivity contribution in [1.82, 2.24) is 10.3 Å². The molecule has 4 nitrogen and oxygen atoms in total. The molecule has 15 heavy (non-hydrogen) atoms. The molecule has 0 bridgehead atoms. The van der Waals surface area contributed by atoms with Crippen molar-refractivity contribution < 1.29 is 9.90 Å². The van der Waals surface area contributed by atoms with Gasteiger partial charge in [0, 0.05) is 12.7 Å². The van der Waals surface area contributed by atoms with Gasteiger partial charge in [0.05, 0.1) is 11.8 Å². The van der Waals surface area contributed by atoms with Gasteiger partial charge in [-0.05, 0) is 11.5 Å². The van der Waals surface area contributed by atoms with Crippen LogP contribution in [0.5, 0.6) is 5.75 Å². The monoisotopic (exact) mass is 208 g/mol. The minimum atomic E-state index is -0.273. The van der Waals surface area contributed by atoms with Crippen LogP contribution >= 0.6 is 0 Å². The Morgan fingerprint density at radius 2 is 2.20 bits per heavy atom. The van der Waals surface area contributed by atoms with Gasteiger partial charge in [-0.1, -0.05) is 20.8 Å². The highest BCUT2D eigenvalue weighted by Gasteiger charge is 2.14. The Kier molecular flexibility index (Phi) is 3.29. The molecular formula is C11H16N2O2. The number of hydrogen-bond donors (Lipinski definition) is 2. The Labute approximate surface area is 89.3 Å². The third-order valence-corrected chi connectivity index (χ3v) is 1.82. The third kappa shape index (κ3) is 3.58. The van der Waals surface area contributed by atoms with E-state index in [1.165, 1.54) is 18.5 Å². The first-order chi connectivity index (χ1) is 6.90. The van der Waals surface area contributed by atoms with Crippen molar-refractivity contribution in [2.45, 2.75) is 20.8 Å². The van der Waals surface area contributed by atoms with Crippen molar-refractivity contribution in [1.29, 1.82) is 0 Å². The van der Waals surface area contributed by atoms with Gasteiger partial charge in [0.25, 0.3) is 5.91 Å². The number of carbonyl (C=O) groups is 1. The second-order valence-corrected chi connectivity index (χ2v) is 4.64. The number of nitrogens with zero attached hydrogens (tertiary/aromatic N) is 1. The van der Waals surface area contributed by atoms with E-state index in [9.17, 15) is 9.90 Å². The lowest BCUT2D eigenvalue weighted by Crippen LogP contribution is -2.32. The Hall–Kier alpha value is -1.58. The molecule has 0 unspecified atom stereocenters. The van der Waals surface area contributed by atoms with E-state index in [1.807, 2.05) is 20.8 Å². The summed E-state index contributed by atoms with van der Waals surface area (Å²) in [6.45, 7) is 6.65. The van der Waals surface area contributed by atoms with E-state index in [0.29, 0.717) is 6.54 Å². The van der Waals surface area contributed by atoms with Crippen molar-refractivity contribution in [3.05, 3.63) is 24.0 Å². The first-order valence-corrected chi connectivity index (χ1v) is 4.81. The van der Waals surface area contributed by atoms with Gasteiger partial charge in [-0.3, -0.25) is 9.78 Å². The predicted octanol–water partition coefficient (Wildman–Crippen LogP) is 1.56. The van der Waals surface area contributed by atoms with Gasteiger partial charge in [0.1, 0.15) is 5.75 Å². The van der Waals surface area contributed by atoms with Crippen molar-refractivity contribution in [3.8, 4) is 5.75 Å². The highest BCUT2D eigenvalue weighted by molar-refractivity contribution is 5.96. The topological polar surface area (TPSA) is 62.2 Å². The van der Waals surface area contributed by atoms with Gasteiger partial charge in [-0.25, -0.2) is 0 Å². The summed E-state index contributed by atoms with van der Waals surface area (Å²) in [7, 11) is 0. The summed E-state index contributed by atoms with van der Waals surface area (Å²) in [5.41, 5.74) is 0.285. The number of aromatic nitrogens is 1. The molecule has 0 aliphatic rings. The summed E-state index contributed by atoms with van der Waals surface area (Å²) in [5.74, 6) is -0.367. The van der Waals surface area contributed by atoms with Crippen LogP contribution in [0.15, 0.2) is 18.5 Å². The number of pyridine rings is 1. The summed E-state index contributed by atoms with van der Waals surface area (Å²) in [4.78, 5) is 15.3. The van der Waals surface area contributed by atoms with E-state index in [2.05, 4.69) is 10.3 Å². The molecule has 1 amide bonds. The fourth-order valence-corrected chi connectivity index (χ4v) is 1.02. The van der Waals surface area contributed by atoms with Crippen LogP contribution in [0, 0.1) is 5.41 Å². The van der Waals surface area contributed by atoms with Gasteiger partial charge in [-0.15, -0.1) is 0 Å². The molecule has 1 rings (SSSR count). The fraction of sp³-hybridized carbons (Fsp3) is 0.455. The zero-order chi connectivity index (χ0) is 11.5. The molecule has 4 heteroatoms. The molecule has 2 N–H and O–H groups in total. The smallest absolute Gasteiger partial charge is 0.255 e. The molecule has 0 spiro atoms. The maximum atomic E-state index is 11.6. The van der Waals surface area contributed by atoms with Gasteiger partial charge < -0.3 is 10.4 Å². The normalized spacial score (nSPS) is 11.1. The molecule has 0 aromatic carbocycles. The maximum Gasteiger partial charge on any atom is 0.255 e. The molecule has 1 aromatic rings. The highest BCUT2D eigenvalue weighted by Crippen LogP contribution is 2.15. The summed E-state index contributed by atoms with van der Waals surface area (Å²) in [6.07, 6.45) is 2.73. The van der Waals surface area contributed by atoms with E-state index in [1.54, 1.807) is 0 Å². The van der Waals surface area contributed by atoms with E-state index in [0.717, 1.165) is 0 Å². The number of rotatable bonds is 2. The fourth-order valence-electron chi connectivity index (χ4n) is 1.02. The lowest BCUT2D eigenvalue weighted by atomic mass is 9.97. The van der Waals surface area contributed by atoms with Crippen LogP contribution in [0.3, 0.4) is 0 Å². The molecular weight excluding hydrogens is 192 g/mol. The maximum absolute atomic E-state index is 11.6. The summed E-state index contributed by atoms with van der Waals surface area (Å²) in [5, 5.41) is 12.1. The Bertz CT molecular complexity index is 356. The first kappa shape index (κ1) is 11.5. The number of amides is 1. The van der Waals surface area contributed by atoms with Crippen LogP contribution in [0.1, 0.15) is 31.1 Å². The Morgan fingerprint density at radius 1 is 1.53 bits per heavy atom. The van der Waals surface area contributed by atoms with Gasteiger partial charge in [0.15, 0.2) is 0 Å². The summed E-state index contributed by atoms with van der Waals surface area (Å²) >= 11 is 0. The van der Waals surface area contributed by atoms with Gasteiger partial charge in [-0.2, -0.15) is 0 Å². The number of nitrogens with one attached hydrogen (secondary N) is 1. The lowest BCUT2D eigenvalue weighted by molar-refractivity contribution is 0.0936. The number of aromatic hydroxyl groups is 1. The van der Waals surface area contributed by atoms with Crippen molar-refractivity contribution in [2.24, 2.45) is 5.41 Å². The van der Waals surface area contributed by atoms with Gasteiger partial charge in [0.2, 0.25) is 0 Å². The van der Waals surface area contributed by atoms with Crippen LogP contribution in [-0.4, -0.2) is 22.5 Å². The van der Waals surface area contributed by atoms with Crippen molar-refractivity contribution in [3.63, 3.8) is 0 Å². The minimum absolute atomic E-state index is 0.0261. The zero-order valence-corrected chi connectivity index (χ0v) is 9.24. The molecule has 82 valence electrons. The zero-order valence-electron chi connectivity index (χ0n) is 9.24. The highest BCUT2D eigenvalue weighted by atomic mass is 16.3. The van der Waals surface area contributed by atoms with Crippen molar-refractivity contribution in [2.75, 3.05) is 6.54 Å². The molecule has 0 fully saturated rings. The second-order valence-electron chi connectivity index (χ2n) is 4.64. The Morgan fingerprint density at radius 3 is 2.73 bits per heavy atom. The molecule has 0 atom stereocenters. The molecule has 1 aromatic heterocycles. The van der Waals surface area contributed by atoms with Crippen LogP contribution in [0.2, 0.25) is 0 Å².